The van der Waals surface area contributed by atoms with E-state index < -0.39 is 5.97 Å². The normalized spacial score (nSPS) is 9.90. The molecule has 0 aliphatic heterocycles. The van der Waals surface area contributed by atoms with Gasteiger partial charge in [0.25, 0.3) is 5.91 Å². The topological polar surface area (TPSA) is 68.3 Å². The summed E-state index contributed by atoms with van der Waals surface area (Å²) in [6.45, 7) is 1.81. The fraction of sp³-hybridized carbons (Fsp3) is 0.133. The van der Waals surface area contributed by atoms with E-state index in [1.165, 1.54) is 7.11 Å². The highest BCUT2D eigenvalue weighted by Crippen LogP contribution is 2.14. The van der Waals surface area contributed by atoms with Crippen LogP contribution in [0.5, 0.6) is 0 Å². The molecule has 1 N–H and O–H groups in total. The van der Waals surface area contributed by atoms with E-state index in [4.69, 9.17) is 0 Å². The van der Waals surface area contributed by atoms with Crippen LogP contribution in [0.2, 0.25) is 0 Å². The Morgan fingerprint density at radius 2 is 2.05 bits per heavy atom. The maximum absolute atomic E-state index is 12.1. The molecule has 0 aliphatic rings. The fourth-order valence-electron chi connectivity index (χ4n) is 1.77. The molecule has 102 valence electrons. The van der Waals surface area contributed by atoms with E-state index in [1.807, 2.05) is 6.92 Å². The van der Waals surface area contributed by atoms with Crippen LogP contribution in [0.3, 0.4) is 0 Å². The second kappa shape index (κ2) is 5.97. The number of anilines is 1. The molecular formula is C15H14N2O3. The van der Waals surface area contributed by atoms with Gasteiger partial charge in [-0.05, 0) is 36.8 Å². The van der Waals surface area contributed by atoms with E-state index in [9.17, 15) is 9.59 Å². The highest BCUT2D eigenvalue weighted by molar-refractivity contribution is 6.05. The summed E-state index contributed by atoms with van der Waals surface area (Å²) in [5.41, 5.74) is 2.25. The molecule has 0 atom stereocenters. The quantitative estimate of drug-likeness (QED) is 0.870. The summed E-state index contributed by atoms with van der Waals surface area (Å²) in [6, 6.07) is 8.23. The van der Waals surface area contributed by atoms with Crippen molar-refractivity contribution in [3.63, 3.8) is 0 Å². The molecule has 2 aromatic rings. The molecule has 0 unspecified atom stereocenters. The number of methoxy groups -OCH3 is 1. The molecule has 5 nitrogen and oxygen atoms in total. The summed E-state index contributed by atoms with van der Waals surface area (Å²) < 4.78 is 4.64. The molecule has 20 heavy (non-hydrogen) atoms. The van der Waals surface area contributed by atoms with Gasteiger partial charge in [-0.3, -0.25) is 9.78 Å². The van der Waals surface area contributed by atoms with Gasteiger partial charge in [-0.15, -0.1) is 0 Å². The Bertz CT molecular complexity index is 653. The van der Waals surface area contributed by atoms with Crippen molar-refractivity contribution in [1.82, 2.24) is 4.98 Å². The number of carbonyl (C=O) groups is 2. The Morgan fingerprint density at radius 1 is 1.25 bits per heavy atom. The maximum Gasteiger partial charge on any atom is 0.337 e. The number of benzene rings is 1. The van der Waals surface area contributed by atoms with Gasteiger partial charge in [0, 0.05) is 23.6 Å². The second-order valence-electron chi connectivity index (χ2n) is 4.22. The SMILES string of the molecule is COC(=O)c1cccc(NC(=O)c2ccncc2C)c1. The van der Waals surface area contributed by atoms with Gasteiger partial charge < -0.3 is 10.1 Å². The lowest BCUT2D eigenvalue weighted by Crippen LogP contribution is -2.14. The van der Waals surface area contributed by atoms with Crippen LogP contribution < -0.4 is 5.32 Å². The van der Waals surface area contributed by atoms with Crippen molar-refractivity contribution in [1.29, 1.82) is 0 Å². The van der Waals surface area contributed by atoms with Gasteiger partial charge in [0.2, 0.25) is 0 Å². The van der Waals surface area contributed by atoms with E-state index in [0.717, 1.165) is 5.56 Å². The smallest absolute Gasteiger partial charge is 0.337 e. The number of rotatable bonds is 3. The predicted octanol–water partition coefficient (Wildman–Crippen LogP) is 2.43. The van der Waals surface area contributed by atoms with E-state index in [-0.39, 0.29) is 5.91 Å². The van der Waals surface area contributed by atoms with Gasteiger partial charge >= 0.3 is 5.97 Å². The van der Waals surface area contributed by atoms with Crippen molar-refractivity contribution in [2.45, 2.75) is 6.92 Å². The zero-order valence-corrected chi connectivity index (χ0v) is 11.2. The molecule has 0 saturated carbocycles. The van der Waals surface area contributed by atoms with Gasteiger partial charge in [-0.25, -0.2) is 4.79 Å². The third kappa shape index (κ3) is 3.00. The number of ether oxygens (including phenoxy) is 1. The van der Waals surface area contributed by atoms with Gasteiger partial charge in [-0.1, -0.05) is 6.07 Å². The first-order valence-electron chi connectivity index (χ1n) is 6.02. The van der Waals surface area contributed by atoms with E-state index >= 15 is 0 Å². The van der Waals surface area contributed by atoms with Crippen LogP contribution in [0.15, 0.2) is 42.7 Å². The summed E-state index contributed by atoms with van der Waals surface area (Å²) in [7, 11) is 1.31. The van der Waals surface area contributed by atoms with Crippen LogP contribution in [-0.2, 0) is 4.74 Å². The predicted molar refractivity (Wildman–Crippen MR) is 74.7 cm³/mol. The lowest BCUT2D eigenvalue weighted by molar-refractivity contribution is 0.0600. The number of aryl methyl sites for hydroxylation is 1. The summed E-state index contributed by atoms with van der Waals surface area (Å²) in [4.78, 5) is 27.5. The van der Waals surface area contributed by atoms with Crippen LogP contribution in [0, 0.1) is 6.92 Å². The Kier molecular flexibility index (Phi) is 4.10. The van der Waals surface area contributed by atoms with Gasteiger partial charge in [0.05, 0.1) is 12.7 Å². The van der Waals surface area contributed by atoms with Gasteiger partial charge in [-0.2, -0.15) is 0 Å². The Hall–Kier alpha value is -2.69. The average molecular weight is 270 g/mol. The first-order chi connectivity index (χ1) is 9.61. The zero-order valence-electron chi connectivity index (χ0n) is 11.2. The molecule has 0 fully saturated rings. The highest BCUT2D eigenvalue weighted by Gasteiger charge is 2.10. The molecule has 0 spiro atoms. The van der Waals surface area contributed by atoms with E-state index in [0.29, 0.717) is 16.8 Å². The molecule has 2 rings (SSSR count). The molecule has 0 saturated heterocycles. The minimum atomic E-state index is -0.443. The van der Waals surface area contributed by atoms with E-state index in [2.05, 4.69) is 15.0 Å². The number of amides is 1. The Balaban J connectivity index is 2.20. The largest absolute Gasteiger partial charge is 0.465 e. The van der Waals surface area contributed by atoms with Crippen LogP contribution in [0.1, 0.15) is 26.3 Å². The number of nitrogens with zero attached hydrogens (tertiary/aromatic N) is 1. The summed E-state index contributed by atoms with van der Waals surface area (Å²) in [5.74, 6) is -0.687. The van der Waals surface area contributed by atoms with Crippen molar-refractivity contribution in [2.75, 3.05) is 12.4 Å². The van der Waals surface area contributed by atoms with Crippen LogP contribution in [-0.4, -0.2) is 24.0 Å². The maximum atomic E-state index is 12.1. The molecule has 0 bridgehead atoms. The van der Waals surface area contributed by atoms with Crippen molar-refractivity contribution in [3.05, 3.63) is 59.4 Å². The van der Waals surface area contributed by atoms with Crippen LogP contribution in [0.25, 0.3) is 0 Å². The number of esters is 1. The molecule has 0 radical (unpaired) electrons. The number of carbonyl (C=O) groups excluding carboxylic acids is 2. The first kappa shape index (κ1) is 13.7. The monoisotopic (exact) mass is 270 g/mol. The van der Waals surface area contributed by atoms with Crippen LogP contribution in [0.4, 0.5) is 5.69 Å². The third-order valence-corrected chi connectivity index (χ3v) is 2.81. The summed E-state index contributed by atoms with van der Waals surface area (Å²) in [5, 5.41) is 2.74. The molecule has 0 aliphatic carbocycles. The van der Waals surface area contributed by atoms with Crippen molar-refractivity contribution in [2.24, 2.45) is 0 Å². The average Bonchev–Trinajstić information content (AvgIpc) is 2.47. The standard InChI is InChI=1S/C15H14N2O3/c1-10-9-16-7-6-13(10)14(18)17-12-5-3-4-11(8-12)15(19)20-2/h3-9H,1-2H3,(H,17,18). The van der Waals surface area contributed by atoms with Crippen molar-refractivity contribution in [3.8, 4) is 0 Å². The highest BCUT2D eigenvalue weighted by atomic mass is 16.5. The van der Waals surface area contributed by atoms with E-state index in [1.54, 1.807) is 42.7 Å². The van der Waals surface area contributed by atoms with Crippen LogP contribution >= 0.6 is 0 Å². The third-order valence-electron chi connectivity index (χ3n) is 2.81. The molecule has 1 amide bonds. The molecule has 1 heterocycles. The number of nitrogens with one attached hydrogen (secondary N) is 1. The Labute approximate surface area is 116 Å². The van der Waals surface area contributed by atoms with Gasteiger partial charge in [0.1, 0.15) is 0 Å². The van der Waals surface area contributed by atoms with Gasteiger partial charge in [0.15, 0.2) is 0 Å². The minimum absolute atomic E-state index is 0.244. The minimum Gasteiger partial charge on any atom is -0.465 e. The lowest BCUT2D eigenvalue weighted by atomic mass is 10.1. The molecule has 1 aromatic carbocycles. The molecule has 5 heteroatoms. The molecule has 1 aromatic heterocycles. The number of hydrogen-bond acceptors (Lipinski definition) is 4. The molecular weight excluding hydrogens is 256 g/mol. The first-order valence-corrected chi connectivity index (χ1v) is 6.02. The van der Waals surface area contributed by atoms with Crippen molar-refractivity contribution >= 4 is 17.6 Å². The number of aromatic nitrogens is 1. The number of hydrogen-bond donors (Lipinski definition) is 1. The van der Waals surface area contributed by atoms with Crippen molar-refractivity contribution < 1.29 is 14.3 Å². The number of pyridine rings is 1. The summed E-state index contributed by atoms with van der Waals surface area (Å²) in [6.07, 6.45) is 3.19. The zero-order chi connectivity index (χ0) is 14.5. The lowest BCUT2D eigenvalue weighted by Gasteiger charge is -2.08. The summed E-state index contributed by atoms with van der Waals surface area (Å²) >= 11 is 0. The fourth-order valence-corrected chi connectivity index (χ4v) is 1.77. The Morgan fingerprint density at radius 3 is 2.75 bits per heavy atom. The second-order valence-corrected chi connectivity index (χ2v) is 4.22.